The van der Waals surface area contributed by atoms with Crippen LogP contribution in [-0.2, 0) is 13.8 Å². The smallest absolute Gasteiger partial charge is 0.390 e. The molecule has 1 aliphatic rings. The minimum atomic E-state index is -4.72. The molecule has 1 aliphatic heterocycles. The van der Waals surface area contributed by atoms with Crippen LogP contribution in [0.5, 0.6) is 0 Å². The average molecular weight is 228 g/mol. The van der Waals surface area contributed by atoms with Crippen molar-refractivity contribution in [3.63, 3.8) is 0 Å². The van der Waals surface area contributed by atoms with E-state index >= 15 is 0 Å². The largest absolute Gasteiger partial charge is 0.472 e. The van der Waals surface area contributed by atoms with Gasteiger partial charge in [0.05, 0.1) is 12.2 Å². The molecule has 4 atom stereocenters. The molecule has 7 nitrogen and oxygen atoms in total. The van der Waals surface area contributed by atoms with Crippen LogP contribution in [0.4, 0.5) is 0 Å². The fourth-order valence-corrected chi connectivity index (χ4v) is 1.69. The minimum absolute atomic E-state index is 0.197. The van der Waals surface area contributed by atoms with Gasteiger partial charge in [0.2, 0.25) is 0 Å². The summed E-state index contributed by atoms with van der Waals surface area (Å²) in [6.07, 6.45) is -4.27. The van der Waals surface area contributed by atoms with Crippen LogP contribution in [0, 0.1) is 0 Å². The zero-order valence-electron chi connectivity index (χ0n) is 7.48. The van der Waals surface area contributed by atoms with E-state index in [1.54, 1.807) is 6.92 Å². The summed E-state index contributed by atoms with van der Waals surface area (Å²) in [6, 6.07) is 0. The average Bonchev–Trinajstić information content (AvgIpc) is 1.96. The molecule has 1 heterocycles. The number of aliphatic hydroxyl groups excluding tert-OH is 2. The fraction of sp³-hybridized carbons (Fsp3) is 1.00. The highest BCUT2D eigenvalue weighted by Gasteiger charge is 2.39. The molecule has 0 spiro atoms. The van der Waals surface area contributed by atoms with Gasteiger partial charge in [0.15, 0.2) is 6.29 Å². The van der Waals surface area contributed by atoms with Gasteiger partial charge in [0, 0.05) is 6.42 Å². The summed E-state index contributed by atoms with van der Waals surface area (Å²) >= 11 is 0. The second kappa shape index (κ2) is 4.24. The van der Waals surface area contributed by atoms with E-state index in [1.807, 2.05) is 0 Å². The Labute approximate surface area is 80.5 Å². The first-order valence-electron chi connectivity index (χ1n) is 4.05. The van der Waals surface area contributed by atoms with Crippen molar-refractivity contribution >= 4 is 7.82 Å². The van der Waals surface area contributed by atoms with E-state index in [9.17, 15) is 14.8 Å². The maximum atomic E-state index is 10.5. The van der Waals surface area contributed by atoms with Gasteiger partial charge in [-0.05, 0) is 6.92 Å². The van der Waals surface area contributed by atoms with Crippen LogP contribution in [0.25, 0.3) is 0 Å². The van der Waals surface area contributed by atoms with Crippen molar-refractivity contribution in [2.75, 3.05) is 0 Å². The molecule has 0 amide bonds. The first-order chi connectivity index (χ1) is 6.29. The van der Waals surface area contributed by atoms with Crippen molar-refractivity contribution in [2.45, 2.75) is 37.9 Å². The second-order valence-electron chi connectivity index (χ2n) is 3.20. The van der Waals surface area contributed by atoms with Crippen molar-refractivity contribution in [1.29, 1.82) is 0 Å². The van der Waals surface area contributed by atoms with E-state index in [-0.39, 0.29) is 6.42 Å². The van der Waals surface area contributed by atoms with E-state index in [0.29, 0.717) is 0 Å². The van der Waals surface area contributed by atoms with Crippen molar-refractivity contribution in [3.05, 3.63) is 0 Å². The van der Waals surface area contributed by atoms with E-state index in [0.717, 1.165) is 0 Å². The fourth-order valence-electron chi connectivity index (χ4n) is 1.25. The second-order valence-corrected chi connectivity index (χ2v) is 4.40. The van der Waals surface area contributed by atoms with Crippen molar-refractivity contribution in [3.8, 4) is 0 Å². The van der Waals surface area contributed by atoms with Gasteiger partial charge in [-0.25, -0.2) is 4.57 Å². The van der Waals surface area contributed by atoms with Gasteiger partial charge in [0.25, 0.3) is 0 Å². The van der Waals surface area contributed by atoms with Crippen LogP contribution in [0.2, 0.25) is 0 Å². The molecule has 8 heteroatoms. The molecule has 0 saturated carbocycles. The predicted molar refractivity (Wildman–Crippen MR) is 44.1 cm³/mol. The third-order valence-corrected chi connectivity index (χ3v) is 2.34. The lowest BCUT2D eigenvalue weighted by molar-refractivity contribution is -0.235. The van der Waals surface area contributed by atoms with Crippen LogP contribution in [0.1, 0.15) is 13.3 Å². The number of phosphoric ester groups is 1. The number of rotatable bonds is 2. The predicted octanol–water partition coefficient (Wildman–Crippen LogP) is -1.05. The summed E-state index contributed by atoms with van der Waals surface area (Å²) in [6.45, 7) is 1.60. The maximum absolute atomic E-state index is 10.5. The van der Waals surface area contributed by atoms with Crippen LogP contribution in [0.3, 0.4) is 0 Å². The van der Waals surface area contributed by atoms with Crippen LogP contribution in [0.15, 0.2) is 0 Å². The first kappa shape index (κ1) is 12.1. The molecule has 1 saturated heterocycles. The van der Waals surface area contributed by atoms with Crippen LogP contribution >= 0.6 is 7.82 Å². The van der Waals surface area contributed by atoms with E-state index in [2.05, 4.69) is 4.52 Å². The lowest BCUT2D eigenvalue weighted by Crippen LogP contribution is -2.48. The Morgan fingerprint density at radius 3 is 2.50 bits per heavy atom. The zero-order valence-corrected chi connectivity index (χ0v) is 8.37. The van der Waals surface area contributed by atoms with Gasteiger partial charge in [-0.1, -0.05) is 0 Å². The molecule has 1 fully saturated rings. The van der Waals surface area contributed by atoms with E-state index in [1.165, 1.54) is 0 Å². The maximum Gasteiger partial charge on any atom is 0.472 e. The minimum Gasteiger partial charge on any atom is -0.390 e. The monoisotopic (exact) mass is 228 g/mol. The Morgan fingerprint density at radius 2 is 2.00 bits per heavy atom. The number of phosphoric acid groups is 1. The van der Waals surface area contributed by atoms with Crippen LogP contribution < -0.4 is 0 Å². The lowest BCUT2D eigenvalue weighted by Gasteiger charge is -2.35. The van der Waals surface area contributed by atoms with Gasteiger partial charge >= 0.3 is 7.82 Å². The van der Waals surface area contributed by atoms with Crippen molar-refractivity contribution < 1.29 is 33.8 Å². The Balaban J connectivity index is 2.62. The molecule has 0 aromatic rings. The number of hydrogen-bond donors (Lipinski definition) is 4. The summed E-state index contributed by atoms with van der Waals surface area (Å²) in [7, 11) is -4.72. The summed E-state index contributed by atoms with van der Waals surface area (Å²) < 4.78 is 19.5. The quantitative estimate of drug-likeness (QED) is 0.445. The zero-order chi connectivity index (χ0) is 10.9. The summed E-state index contributed by atoms with van der Waals surface area (Å²) in [4.78, 5) is 17.0. The summed E-state index contributed by atoms with van der Waals surface area (Å²) in [5.74, 6) is 0. The van der Waals surface area contributed by atoms with Gasteiger partial charge in [-0.2, -0.15) is 0 Å². The molecule has 0 unspecified atom stereocenters. The third-order valence-electron chi connectivity index (χ3n) is 1.85. The lowest BCUT2D eigenvalue weighted by atomic mass is 10.0. The molecular weight excluding hydrogens is 215 g/mol. The number of aliphatic hydroxyl groups is 2. The molecule has 0 aromatic heterocycles. The molecule has 4 N–H and O–H groups in total. The van der Waals surface area contributed by atoms with Gasteiger partial charge in [-0.3, -0.25) is 4.52 Å². The molecule has 14 heavy (non-hydrogen) atoms. The first-order valence-corrected chi connectivity index (χ1v) is 5.58. The molecule has 0 radical (unpaired) electrons. The van der Waals surface area contributed by atoms with Crippen LogP contribution in [-0.4, -0.2) is 44.6 Å². The summed E-state index contributed by atoms with van der Waals surface area (Å²) in [5.41, 5.74) is 0. The van der Waals surface area contributed by atoms with Crippen molar-refractivity contribution in [1.82, 2.24) is 0 Å². The van der Waals surface area contributed by atoms with E-state index in [4.69, 9.17) is 14.5 Å². The molecule has 0 aliphatic carbocycles. The topological polar surface area (TPSA) is 116 Å². The standard InChI is InChI=1S/C6H13O7P/c1-3-2-4(7)5(8)6(12-3)13-14(9,10)11/h3-8H,2H2,1H3,(H2,9,10,11)/t3-,4+,5-,6-/m1/s1. The highest BCUT2D eigenvalue weighted by atomic mass is 31.2. The molecule has 0 aromatic carbocycles. The highest BCUT2D eigenvalue weighted by molar-refractivity contribution is 7.46. The summed E-state index contributed by atoms with van der Waals surface area (Å²) in [5, 5.41) is 18.5. The van der Waals surface area contributed by atoms with Gasteiger partial charge < -0.3 is 24.7 Å². The van der Waals surface area contributed by atoms with Crippen molar-refractivity contribution in [2.24, 2.45) is 0 Å². The third kappa shape index (κ3) is 3.29. The van der Waals surface area contributed by atoms with Gasteiger partial charge in [-0.15, -0.1) is 0 Å². The molecule has 1 rings (SSSR count). The Kier molecular flexibility index (Phi) is 3.65. The molecule has 0 bridgehead atoms. The molecule has 84 valence electrons. The number of hydrogen-bond acceptors (Lipinski definition) is 5. The Hall–Kier alpha value is -0.0100. The SMILES string of the molecule is C[C@@H]1C[C@H](O)[C@@H](O)[C@@H](OP(=O)(O)O)O1. The molecular formula is C6H13O7P. The van der Waals surface area contributed by atoms with Gasteiger partial charge in [0.1, 0.15) is 6.10 Å². The Bertz CT molecular complexity index is 238. The van der Waals surface area contributed by atoms with E-state index < -0.39 is 32.4 Å². The number of ether oxygens (including phenoxy) is 1. The normalized spacial score (nSPS) is 39.8. The Morgan fingerprint density at radius 1 is 1.43 bits per heavy atom. The highest BCUT2D eigenvalue weighted by Crippen LogP contribution is 2.40.